The second kappa shape index (κ2) is 9.49. The first-order chi connectivity index (χ1) is 13.5. The number of nitrogens with one attached hydrogen (secondary N) is 2. The molecule has 0 aromatic heterocycles. The van der Waals surface area contributed by atoms with Crippen molar-refractivity contribution in [3.05, 3.63) is 35.9 Å². The summed E-state index contributed by atoms with van der Waals surface area (Å²) in [6.07, 6.45) is 2.37. The van der Waals surface area contributed by atoms with Gasteiger partial charge in [0.05, 0.1) is 0 Å². The quantitative estimate of drug-likeness (QED) is 0.769. The number of likely N-dealkylation sites (N-methyl/N-ethyl adjacent to an activating group) is 1. The first-order valence-corrected chi connectivity index (χ1v) is 10.1. The molecule has 2 amide bonds. The highest BCUT2D eigenvalue weighted by Gasteiger charge is 2.35. The van der Waals surface area contributed by atoms with Crippen LogP contribution in [0.2, 0.25) is 0 Å². The number of piperidine rings is 1. The van der Waals surface area contributed by atoms with Crippen molar-refractivity contribution < 1.29 is 14.3 Å². The Labute approximate surface area is 167 Å². The van der Waals surface area contributed by atoms with Gasteiger partial charge < -0.3 is 14.5 Å². The first-order valence-electron chi connectivity index (χ1n) is 10.1. The van der Waals surface area contributed by atoms with E-state index in [0.717, 1.165) is 6.42 Å². The van der Waals surface area contributed by atoms with Gasteiger partial charge in [0, 0.05) is 51.3 Å². The van der Waals surface area contributed by atoms with Crippen LogP contribution in [0.25, 0.3) is 0 Å². The molecule has 3 unspecified atom stereocenters. The van der Waals surface area contributed by atoms with Gasteiger partial charge >= 0.3 is 0 Å². The SMILES string of the molecule is COCC(=O)N1CCC(C(=O)N(C)C(C)C2CC(c3ccccc3)NN2)CC1. The van der Waals surface area contributed by atoms with Crippen molar-refractivity contribution in [3.63, 3.8) is 0 Å². The van der Waals surface area contributed by atoms with E-state index in [-0.39, 0.29) is 42.5 Å². The third kappa shape index (κ3) is 4.71. The summed E-state index contributed by atoms with van der Waals surface area (Å²) in [6.45, 7) is 3.46. The van der Waals surface area contributed by atoms with E-state index in [1.807, 2.05) is 30.1 Å². The normalized spacial score (nSPS) is 24.2. The van der Waals surface area contributed by atoms with Crippen LogP contribution in [-0.4, -0.2) is 67.6 Å². The number of benzene rings is 1. The molecule has 0 saturated carbocycles. The Kier molecular flexibility index (Phi) is 7.04. The molecule has 2 aliphatic rings. The molecule has 3 atom stereocenters. The lowest BCUT2D eigenvalue weighted by atomic mass is 9.93. The number of methoxy groups -OCH3 is 1. The summed E-state index contributed by atoms with van der Waals surface area (Å²) >= 11 is 0. The standard InChI is InChI=1S/C21H32N4O3/c1-15(18-13-19(23-22-18)16-7-5-4-6-8-16)24(2)21(27)17-9-11-25(12-10-17)20(26)14-28-3/h4-8,15,17-19,22-23H,9-14H2,1-3H3. The molecule has 2 fully saturated rings. The molecule has 0 spiro atoms. The number of carbonyl (C=O) groups excluding carboxylic acids is 2. The summed E-state index contributed by atoms with van der Waals surface area (Å²) in [5.41, 5.74) is 7.99. The van der Waals surface area contributed by atoms with Crippen molar-refractivity contribution in [2.45, 2.75) is 44.3 Å². The minimum atomic E-state index is -0.0154. The Morgan fingerprint density at radius 2 is 1.89 bits per heavy atom. The fraction of sp³-hybridized carbons (Fsp3) is 0.619. The number of hydrogen-bond donors (Lipinski definition) is 2. The first kappa shape index (κ1) is 20.8. The Hall–Kier alpha value is -1.96. The second-order valence-corrected chi connectivity index (χ2v) is 7.87. The van der Waals surface area contributed by atoms with Gasteiger partial charge in [0.25, 0.3) is 0 Å². The molecule has 2 aliphatic heterocycles. The van der Waals surface area contributed by atoms with E-state index in [9.17, 15) is 9.59 Å². The van der Waals surface area contributed by atoms with Crippen molar-refractivity contribution in [1.29, 1.82) is 0 Å². The molecule has 0 radical (unpaired) electrons. The predicted molar refractivity (Wildman–Crippen MR) is 107 cm³/mol. The van der Waals surface area contributed by atoms with Crippen LogP contribution in [0, 0.1) is 5.92 Å². The number of nitrogens with zero attached hydrogens (tertiary/aromatic N) is 2. The van der Waals surface area contributed by atoms with E-state index in [0.29, 0.717) is 25.9 Å². The molecule has 0 bridgehead atoms. The lowest BCUT2D eigenvalue weighted by molar-refractivity contribution is -0.143. The van der Waals surface area contributed by atoms with Gasteiger partial charge in [-0.15, -0.1) is 0 Å². The van der Waals surface area contributed by atoms with E-state index in [1.54, 1.807) is 4.90 Å². The van der Waals surface area contributed by atoms with Crippen molar-refractivity contribution in [2.24, 2.45) is 5.92 Å². The Morgan fingerprint density at radius 3 is 2.54 bits per heavy atom. The molecule has 154 valence electrons. The van der Waals surface area contributed by atoms with Crippen LogP contribution in [0.3, 0.4) is 0 Å². The van der Waals surface area contributed by atoms with Gasteiger partial charge in [-0.05, 0) is 31.7 Å². The maximum Gasteiger partial charge on any atom is 0.248 e. The number of hydrazine groups is 1. The Balaban J connectivity index is 1.50. The number of rotatable bonds is 6. The van der Waals surface area contributed by atoms with E-state index in [4.69, 9.17) is 4.74 Å². The second-order valence-electron chi connectivity index (χ2n) is 7.87. The zero-order valence-electron chi connectivity index (χ0n) is 17.1. The van der Waals surface area contributed by atoms with Crippen molar-refractivity contribution in [1.82, 2.24) is 20.7 Å². The molecule has 2 saturated heterocycles. The Bertz CT molecular complexity index is 661. The van der Waals surface area contributed by atoms with Crippen LogP contribution in [0.15, 0.2) is 30.3 Å². The molecule has 28 heavy (non-hydrogen) atoms. The monoisotopic (exact) mass is 388 g/mol. The fourth-order valence-electron chi connectivity index (χ4n) is 4.15. The molecule has 2 heterocycles. The van der Waals surface area contributed by atoms with Gasteiger partial charge in [-0.1, -0.05) is 30.3 Å². The lowest BCUT2D eigenvalue weighted by Crippen LogP contribution is -2.51. The summed E-state index contributed by atoms with van der Waals surface area (Å²) in [6, 6.07) is 10.9. The van der Waals surface area contributed by atoms with Crippen LogP contribution in [0.4, 0.5) is 0 Å². The molecule has 3 rings (SSSR count). The largest absolute Gasteiger partial charge is 0.375 e. The molecule has 0 aliphatic carbocycles. The van der Waals surface area contributed by atoms with Crippen molar-refractivity contribution in [3.8, 4) is 0 Å². The van der Waals surface area contributed by atoms with Gasteiger partial charge in [-0.3, -0.25) is 15.0 Å². The van der Waals surface area contributed by atoms with E-state index in [2.05, 4.69) is 29.9 Å². The maximum absolute atomic E-state index is 13.0. The highest BCUT2D eigenvalue weighted by atomic mass is 16.5. The molecule has 1 aromatic rings. The molecule has 2 N–H and O–H groups in total. The topological polar surface area (TPSA) is 73.9 Å². The van der Waals surface area contributed by atoms with Gasteiger partial charge in [0.15, 0.2) is 0 Å². The minimum Gasteiger partial charge on any atom is -0.375 e. The van der Waals surface area contributed by atoms with Gasteiger partial charge in [-0.2, -0.15) is 0 Å². The van der Waals surface area contributed by atoms with Gasteiger partial charge in [0.2, 0.25) is 11.8 Å². The highest BCUT2D eigenvalue weighted by molar-refractivity contribution is 5.80. The number of likely N-dealkylation sites (tertiary alicyclic amines) is 1. The number of amides is 2. The summed E-state index contributed by atoms with van der Waals surface area (Å²) in [5, 5.41) is 0. The van der Waals surface area contributed by atoms with E-state index < -0.39 is 0 Å². The van der Waals surface area contributed by atoms with E-state index in [1.165, 1.54) is 12.7 Å². The van der Waals surface area contributed by atoms with Crippen LogP contribution in [0.5, 0.6) is 0 Å². The minimum absolute atomic E-state index is 0.00306. The summed E-state index contributed by atoms with van der Waals surface area (Å²) < 4.78 is 4.92. The number of carbonyl (C=O) groups is 2. The van der Waals surface area contributed by atoms with Crippen LogP contribution in [-0.2, 0) is 14.3 Å². The van der Waals surface area contributed by atoms with Gasteiger partial charge in [-0.25, -0.2) is 5.43 Å². The van der Waals surface area contributed by atoms with Crippen LogP contribution in [0.1, 0.15) is 37.8 Å². The summed E-state index contributed by atoms with van der Waals surface area (Å²) in [4.78, 5) is 28.6. The third-order valence-corrected chi connectivity index (χ3v) is 6.14. The summed E-state index contributed by atoms with van der Waals surface area (Å²) in [7, 11) is 3.42. The molecular formula is C21H32N4O3. The average molecular weight is 389 g/mol. The maximum atomic E-state index is 13.0. The Morgan fingerprint density at radius 1 is 1.21 bits per heavy atom. The van der Waals surface area contributed by atoms with Crippen molar-refractivity contribution >= 4 is 11.8 Å². The van der Waals surface area contributed by atoms with E-state index >= 15 is 0 Å². The molecule has 1 aromatic carbocycles. The zero-order chi connectivity index (χ0) is 20.1. The fourth-order valence-corrected chi connectivity index (χ4v) is 4.15. The van der Waals surface area contributed by atoms with Crippen molar-refractivity contribution in [2.75, 3.05) is 33.9 Å². The predicted octanol–water partition coefficient (Wildman–Crippen LogP) is 1.33. The van der Waals surface area contributed by atoms with Gasteiger partial charge in [0.1, 0.15) is 6.61 Å². The molecule has 7 nitrogen and oxygen atoms in total. The highest BCUT2D eigenvalue weighted by Crippen LogP contribution is 2.26. The zero-order valence-corrected chi connectivity index (χ0v) is 17.1. The average Bonchev–Trinajstić information content (AvgIpc) is 3.23. The smallest absolute Gasteiger partial charge is 0.248 e. The summed E-state index contributed by atoms with van der Waals surface area (Å²) in [5.74, 6) is 0.165. The third-order valence-electron chi connectivity index (χ3n) is 6.14. The lowest BCUT2D eigenvalue weighted by Gasteiger charge is -2.36. The van der Waals surface area contributed by atoms with Crippen LogP contribution >= 0.6 is 0 Å². The van der Waals surface area contributed by atoms with Crippen LogP contribution < -0.4 is 10.9 Å². The number of hydrogen-bond acceptors (Lipinski definition) is 5. The number of ether oxygens (including phenoxy) is 1. The molecular weight excluding hydrogens is 356 g/mol. The molecule has 7 heteroatoms.